The number of anilines is 3. The van der Waals surface area contributed by atoms with Gasteiger partial charge in [0.15, 0.2) is 17.3 Å². The first kappa shape index (κ1) is 22.3. The van der Waals surface area contributed by atoms with Gasteiger partial charge in [0.05, 0.1) is 0 Å². The minimum absolute atomic E-state index is 0.0524. The summed E-state index contributed by atoms with van der Waals surface area (Å²) in [6.45, 7) is 5.71. The molecule has 11 heteroatoms. The van der Waals surface area contributed by atoms with Crippen LogP contribution in [0.5, 0.6) is 0 Å². The number of carbonyl (C=O) groups is 1. The van der Waals surface area contributed by atoms with Crippen LogP contribution >= 0.6 is 0 Å². The summed E-state index contributed by atoms with van der Waals surface area (Å²) in [6, 6.07) is 5.75. The van der Waals surface area contributed by atoms with Crippen molar-refractivity contribution in [3.05, 3.63) is 30.1 Å². The lowest BCUT2D eigenvalue weighted by molar-refractivity contribution is 0.0816. The summed E-state index contributed by atoms with van der Waals surface area (Å²) < 4.78 is 1.96. The molecule has 2 saturated heterocycles. The van der Waals surface area contributed by atoms with E-state index in [0.29, 0.717) is 23.1 Å². The fourth-order valence-electron chi connectivity index (χ4n) is 4.49. The SMILES string of the molecule is CN1CCN(c2ccc(Nc3ncc4cc(C(=O)N(C)C)n(N5CCCCC5)c4n3)nn2)CC1. The summed E-state index contributed by atoms with van der Waals surface area (Å²) in [5.74, 6) is 1.83. The van der Waals surface area contributed by atoms with Crippen LogP contribution in [0.4, 0.5) is 17.6 Å². The first-order chi connectivity index (χ1) is 16.5. The summed E-state index contributed by atoms with van der Waals surface area (Å²) >= 11 is 0. The van der Waals surface area contributed by atoms with E-state index in [4.69, 9.17) is 4.98 Å². The van der Waals surface area contributed by atoms with E-state index in [-0.39, 0.29) is 5.91 Å². The Balaban J connectivity index is 1.41. The van der Waals surface area contributed by atoms with Crippen LogP contribution in [0.1, 0.15) is 29.8 Å². The first-order valence-electron chi connectivity index (χ1n) is 11.9. The number of rotatable bonds is 5. The standard InChI is InChI=1S/C23H32N10O/c1-29(2)22(34)18-15-17-16-24-23(26-21(17)33(18)32-9-5-4-6-10-32)25-19-7-8-20(28-27-19)31-13-11-30(3)12-14-31/h7-8,15-16H,4-6,9-14H2,1-3H3,(H,24,25,26,27). The van der Waals surface area contributed by atoms with Crippen molar-refractivity contribution in [3.8, 4) is 0 Å². The van der Waals surface area contributed by atoms with E-state index in [9.17, 15) is 4.79 Å². The minimum Gasteiger partial charge on any atom is -0.353 e. The van der Waals surface area contributed by atoms with Gasteiger partial charge in [-0.15, -0.1) is 10.2 Å². The second-order valence-corrected chi connectivity index (χ2v) is 9.22. The van der Waals surface area contributed by atoms with Crippen molar-refractivity contribution in [1.29, 1.82) is 0 Å². The fourth-order valence-corrected chi connectivity index (χ4v) is 4.49. The van der Waals surface area contributed by atoms with Crippen molar-refractivity contribution >= 4 is 34.5 Å². The number of piperazine rings is 1. The molecule has 2 aliphatic heterocycles. The van der Waals surface area contributed by atoms with Gasteiger partial charge in [-0.2, -0.15) is 4.98 Å². The lowest BCUT2D eigenvalue weighted by atomic mass is 10.2. The third-order valence-corrected chi connectivity index (χ3v) is 6.48. The number of nitrogens with zero attached hydrogens (tertiary/aromatic N) is 9. The first-order valence-corrected chi connectivity index (χ1v) is 11.9. The number of amides is 1. The van der Waals surface area contributed by atoms with Gasteiger partial charge >= 0.3 is 0 Å². The largest absolute Gasteiger partial charge is 0.353 e. The van der Waals surface area contributed by atoms with Crippen molar-refractivity contribution in [2.75, 3.05) is 75.6 Å². The topological polar surface area (TPSA) is 98.6 Å². The van der Waals surface area contributed by atoms with Gasteiger partial charge in [0.1, 0.15) is 5.69 Å². The summed E-state index contributed by atoms with van der Waals surface area (Å²) in [5.41, 5.74) is 1.32. The summed E-state index contributed by atoms with van der Waals surface area (Å²) in [7, 11) is 5.67. The predicted molar refractivity (Wildman–Crippen MR) is 132 cm³/mol. The van der Waals surface area contributed by atoms with E-state index in [1.54, 1.807) is 25.2 Å². The molecule has 34 heavy (non-hydrogen) atoms. The third-order valence-electron chi connectivity index (χ3n) is 6.48. The third kappa shape index (κ3) is 4.47. The van der Waals surface area contributed by atoms with E-state index in [1.165, 1.54) is 6.42 Å². The average molecular weight is 465 g/mol. The number of likely N-dealkylation sites (N-methyl/N-ethyl adjacent to an activating group) is 1. The van der Waals surface area contributed by atoms with Crippen LogP contribution in [0.2, 0.25) is 0 Å². The Morgan fingerprint density at radius 3 is 2.44 bits per heavy atom. The van der Waals surface area contributed by atoms with Gasteiger partial charge in [-0.1, -0.05) is 0 Å². The molecular weight excluding hydrogens is 432 g/mol. The van der Waals surface area contributed by atoms with Crippen LogP contribution in [-0.2, 0) is 0 Å². The maximum absolute atomic E-state index is 12.9. The molecule has 0 atom stereocenters. The fraction of sp³-hybridized carbons (Fsp3) is 0.522. The molecule has 0 radical (unpaired) electrons. The van der Waals surface area contributed by atoms with Crippen molar-refractivity contribution in [2.24, 2.45) is 0 Å². The molecular formula is C23H32N10O. The zero-order valence-corrected chi connectivity index (χ0v) is 20.1. The molecule has 1 amide bonds. The van der Waals surface area contributed by atoms with Crippen LogP contribution < -0.4 is 15.2 Å². The second-order valence-electron chi connectivity index (χ2n) is 9.22. The van der Waals surface area contributed by atoms with Gasteiger partial charge in [0, 0.05) is 64.9 Å². The molecule has 3 aromatic heterocycles. The van der Waals surface area contributed by atoms with Crippen LogP contribution in [0.15, 0.2) is 24.4 Å². The molecule has 1 N–H and O–H groups in total. The number of aromatic nitrogens is 5. The molecule has 0 aliphatic carbocycles. The molecule has 0 unspecified atom stereocenters. The Bertz CT molecular complexity index is 1140. The number of piperidine rings is 1. The van der Waals surface area contributed by atoms with Gasteiger partial charge in [0.2, 0.25) is 5.95 Å². The molecule has 5 rings (SSSR count). The molecule has 0 saturated carbocycles. The predicted octanol–water partition coefficient (Wildman–Crippen LogP) is 1.54. The molecule has 11 nitrogen and oxygen atoms in total. The zero-order chi connectivity index (χ0) is 23.7. The molecule has 180 valence electrons. The number of hydrogen-bond acceptors (Lipinski definition) is 9. The minimum atomic E-state index is -0.0524. The van der Waals surface area contributed by atoms with Gasteiger partial charge < -0.3 is 25.0 Å². The lowest BCUT2D eigenvalue weighted by Gasteiger charge is -2.32. The van der Waals surface area contributed by atoms with E-state index < -0.39 is 0 Å². The maximum Gasteiger partial charge on any atom is 0.272 e. The zero-order valence-electron chi connectivity index (χ0n) is 20.1. The summed E-state index contributed by atoms with van der Waals surface area (Å²) in [5, 5.41) is 15.0. The Morgan fingerprint density at radius 1 is 1.00 bits per heavy atom. The van der Waals surface area contributed by atoms with Crippen LogP contribution in [0, 0.1) is 0 Å². The highest BCUT2D eigenvalue weighted by atomic mass is 16.2. The Morgan fingerprint density at radius 2 is 1.76 bits per heavy atom. The molecule has 2 fully saturated rings. The van der Waals surface area contributed by atoms with Crippen LogP contribution in [-0.4, -0.2) is 101 Å². The van der Waals surface area contributed by atoms with Crippen molar-refractivity contribution in [2.45, 2.75) is 19.3 Å². The Hall–Kier alpha value is -3.47. The monoisotopic (exact) mass is 464 g/mol. The quantitative estimate of drug-likeness (QED) is 0.603. The second kappa shape index (κ2) is 9.41. The van der Waals surface area contributed by atoms with Crippen molar-refractivity contribution < 1.29 is 4.79 Å². The van der Waals surface area contributed by atoms with Gasteiger partial charge in [-0.25, -0.2) is 9.66 Å². The van der Waals surface area contributed by atoms with Crippen LogP contribution in [0.25, 0.3) is 11.0 Å². The van der Waals surface area contributed by atoms with Gasteiger partial charge in [0.25, 0.3) is 5.91 Å². The highest BCUT2D eigenvalue weighted by Gasteiger charge is 2.24. The van der Waals surface area contributed by atoms with E-state index in [1.807, 2.05) is 22.9 Å². The highest BCUT2D eigenvalue weighted by molar-refractivity contribution is 5.98. The number of fused-ring (bicyclic) bond motifs is 1. The summed E-state index contributed by atoms with van der Waals surface area (Å²) in [6.07, 6.45) is 5.15. The smallest absolute Gasteiger partial charge is 0.272 e. The maximum atomic E-state index is 12.9. The van der Waals surface area contributed by atoms with E-state index in [0.717, 1.165) is 63.3 Å². The Labute approximate surface area is 199 Å². The number of carbonyl (C=O) groups excluding carboxylic acids is 1. The Kier molecular flexibility index (Phi) is 6.18. The van der Waals surface area contributed by atoms with Crippen LogP contribution in [0.3, 0.4) is 0 Å². The highest BCUT2D eigenvalue weighted by Crippen LogP contribution is 2.23. The van der Waals surface area contributed by atoms with E-state index >= 15 is 0 Å². The normalized spacial score (nSPS) is 17.3. The lowest BCUT2D eigenvalue weighted by Crippen LogP contribution is -2.44. The van der Waals surface area contributed by atoms with Gasteiger partial charge in [-0.3, -0.25) is 4.79 Å². The molecule has 0 aromatic carbocycles. The molecule has 0 spiro atoms. The molecule has 0 bridgehead atoms. The van der Waals surface area contributed by atoms with Crippen molar-refractivity contribution in [3.63, 3.8) is 0 Å². The summed E-state index contributed by atoms with van der Waals surface area (Å²) in [4.78, 5) is 28.3. The number of hydrogen-bond donors (Lipinski definition) is 1. The molecule has 5 heterocycles. The number of nitrogens with one attached hydrogen (secondary N) is 1. The molecule has 3 aromatic rings. The van der Waals surface area contributed by atoms with Crippen molar-refractivity contribution in [1.82, 2.24) is 34.6 Å². The average Bonchev–Trinajstić information content (AvgIpc) is 3.24. The van der Waals surface area contributed by atoms with Gasteiger partial charge in [-0.05, 0) is 44.5 Å². The molecule has 2 aliphatic rings. The van der Waals surface area contributed by atoms with E-state index in [2.05, 4.69) is 42.4 Å².